The lowest BCUT2D eigenvalue weighted by Gasteiger charge is -2.09. The lowest BCUT2D eigenvalue weighted by Crippen LogP contribution is -2.08. The van der Waals surface area contributed by atoms with E-state index in [0.29, 0.717) is 12.4 Å². The third-order valence-electron chi connectivity index (χ3n) is 5.18. The van der Waals surface area contributed by atoms with Gasteiger partial charge in [-0.05, 0) is 55.7 Å². The van der Waals surface area contributed by atoms with Crippen LogP contribution in [0.3, 0.4) is 0 Å². The summed E-state index contributed by atoms with van der Waals surface area (Å²) in [5.41, 5.74) is 4.10. The van der Waals surface area contributed by atoms with E-state index in [1.807, 2.05) is 47.9 Å². The van der Waals surface area contributed by atoms with Crippen molar-refractivity contribution in [1.29, 1.82) is 0 Å². The Morgan fingerprint density at radius 3 is 2.74 bits per heavy atom. The molecule has 0 bridgehead atoms. The van der Waals surface area contributed by atoms with Gasteiger partial charge in [-0.3, -0.25) is 4.79 Å². The van der Waals surface area contributed by atoms with Crippen molar-refractivity contribution in [3.63, 3.8) is 0 Å². The lowest BCUT2D eigenvalue weighted by molar-refractivity contribution is 0.288. The van der Waals surface area contributed by atoms with Crippen molar-refractivity contribution in [2.75, 3.05) is 0 Å². The van der Waals surface area contributed by atoms with Crippen LogP contribution in [-0.2, 0) is 25.3 Å². The number of rotatable bonds is 8. The second-order valence-corrected chi connectivity index (χ2v) is 8.37. The van der Waals surface area contributed by atoms with Crippen LogP contribution in [-0.4, -0.2) is 19.7 Å². The molecule has 31 heavy (non-hydrogen) atoms. The van der Waals surface area contributed by atoms with E-state index in [1.54, 1.807) is 17.8 Å². The van der Waals surface area contributed by atoms with Crippen molar-refractivity contribution in [3.05, 3.63) is 81.4 Å². The molecule has 160 valence electrons. The zero-order valence-corrected chi connectivity index (χ0v) is 18.8. The topological polar surface area (TPSA) is 72.8 Å². The van der Waals surface area contributed by atoms with Gasteiger partial charge in [-0.25, -0.2) is 0 Å². The van der Waals surface area contributed by atoms with E-state index in [-0.39, 0.29) is 5.43 Å². The van der Waals surface area contributed by atoms with Crippen molar-refractivity contribution in [2.45, 2.75) is 51.3 Å². The first-order valence-corrected chi connectivity index (χ1v) is 11.4. The fourth-order valence-corrected chi connectivity index (χ4v) is 4.42. The van der Waals surface area contributed by atoms with Gasteiger partial charge >= 0.3 is 0 Å². The molecule has 2 heterocycles. The normalized spacial score (nSPS) is 11.2. The molecule has 0 aliphatic carbocycles. The monoisotopic (exact) mass is 434 g/mol. The Labute approximate surface area is 185 Å². The third-order valence-corrected chi connectivity index (χ3v) is 6.20. The number of aromatic nitrogens is 4. The van der Waals surface area contributed by atoms with Crippen molar-refractivity contribution in [2.24, 2.45) is 0 Å². The molecule has 0 aliphatic heterocycles. The fourth-order valence-electron chi connectivity index (χ4n) is 3.49. The summed E-state index contributed by atoms with van der Waals surface area (Å²) in [5, 5.41) is 10.2. The number of aromatic amines is 1. The summed E-state index contributed by atoms with van der Waals surface area (Å²) in [6.45, 7) is 7.29. The highest BCUT2D eigenvalue weighted by molar-refractivity contribution is 7.98. The number of benzene rings is 2. The zero-order valence-electron chi connectivity index (χ0n) is 18.0. The summed E-state index contributed by atoms with van der Waals surface area (Å²) in [4.78, 5) is 16.0. The maximum Gasteiger partial charge on any atom is 0.191 e. The van der Waals surface area contributed by atoms with Crippen LogP contribution in [0.4, 0.5) is 0 Å². The maximum absolute atomic E-state index is 12.6. The van der Waals surface area contributed by atoms with E-state index >= 15 is 0 Å². The second-order valence-electron chi connectivity index (χ2n) is 7.43. The number of pyridine rings is 1. The average Bonchev–Trinajstić information content (AvgIpc) is 3.18. The zero-order chi connectivity index (χ0) is 21.8. The number of thioether (sulfide) groups is 1. The Balaban J connectivity index is 1.48. The van der Waals surface area contributed by atoms with Crippen LogP contribution in [0.1, 0.15) is 36.5 Å². The maximum atomic E-state index is 12.6. The highest BCUT2D eigenvalue weighted by Gasteiger charge is 2.13. The van der Waals surface area contributed by atoms with Crippen LogP contribution < -0.4 is 10.2 Å². The Morgan fingerprint density at radius 2 is 1.97 bits per heavy atom. The van der Waals surface area contributed by atoms with Gasteiger partial charge < -0.3 is 14.3 Å². The van der Waals surface area contributed by atoms with E-state index in [2.05, 4.69) is 35.1 Å². The molecule has 0 spiro atoms. The Bertz CT molecular complexity index is 1260. The smallest absolute Gasteiger partial charge is 0.191 e. The summed E-state index contributed by atoms with van der Waals surface area (Å²) in [7, 11) is 0. The van der Waals surface area contributed by atoms with Gasteiger partial charge in [0.15, 0.2) is 16.4 Å². The van der Waals surface area contributed by atoms with Crippen molar-refractivity contribution in [1.82, 2.24) is 19.7 Å². The first kappa shape index (κ1) is 21.2. The predicted octanol–water partition coefficient (Wildman–Crippen LogP) is 4.88. The minimum absolute atomic E-state index is 0.0452. The lowest BCUT2D eigenvalue weighted by atomic mass is 10.1. The largest absolute Gasteiger partial charge is 0.486 e. The van der Waals surface area contributed by atoms with Gasteiger partial charge in [0.1, 0.15) is 12.4 Å². The summed E-state index contributed by atoms with van der Waals surface area (Å²) < 4.78 is 7.94. The van der Waals surface area contributed by atoms with Crippen LogP contribution in [0, 0.1) is 6.92 Å². The van der Waals surface area contributed by atoms with Gasteiger partial charge in [0.2, 0.25) is 0 Å². The number of nitrogens with zero attached hydrogens (tertiary/aromatic N) is 3. The van der Waals surface area contributed by atoms with Crippen molar-refractivity contribution < 1.29 is 4.74 Å². The van der Waals surface area contributed by atoms with Crippen LogP contribution in [0.25, 0.3) is 10.9 Å². The molecule has 7 heteroatoms. The molecule has 0 aliphatic rings. The summed E-state index contributed by atoms with van der Waals surface area (Å²) >= 11 is 1.56. The molecular formula is C24H26N4O2S. The van der Waals surface area contributed by atoms with Crippen LogP contribution >= 0.6 is 11.8 Å². The molecule has 0 atom stereocenters. The number of H-pyrrole nitrogens is 1. The van der Waals surface area contributed by atoms with Gasteiger partial charge in [0.05, 0.1) is 0 Å². The number of ether oxygens (including phenoxy) is 1. The molecule has 0 saturated carbocycles. The molecule has 2 aromatic carbocycles. The Morgan fingerprint density at radius 1 is 1.10 bits per heavy atom. The molecule has 0 saturated heterocycles. The van der Waals surface area contributed by atoms with Gasteiger partial charge in [-0.2, -0.15) is 0 Å². The average molecular weight is 435 g/mol. The molecule has 1 N–H and O–H groups in total. The number of hydrogen-bond donors (Lipinski definition) is 1. The molecule has 4 rings (SSSR count). The molecule has 0 amide bonds. The second kappa shape index (κ2) is 9.39. The Hall–Kier alpha value is -3.06. The summed E-state index contributed by atoms with van der Waals surface area (Å²) in [6, 6.07) is 15.7. The molecular weight excluding hydrogens is 408 g/mol. The van der Waals surface area contributed by atoms with Crippen LogP contribution in [0.2, 0.25) is 0 Å². The first-order valence-electron chi connectivity index (χ1n) is 10.5. The number of hydrogen-bond acceptors (Lipinski definition) is 5. The minimum Gasteiger partial charge on any atom is -0.486 e. The molecule has 0 radical (unpaired) electrons. The molecule has 0 unspecified atom stereocenters. The SMILES string of the molecule is CCc1ccc2[nH]c(CSc3nnc(COc4cccc(C)c4)n3CC)cc(=O)c2c1. The highest BCUT2D eigenvalue weighted by atomic mass is 32.2. The standard InChI is InChI=1S/C24H26N4O2S/c1-4-17-9-10-21-20(12-17)22(29)13-18(25-21)15-31-24-27-26-23(28(24)5-2)14-30-19-8-6-7-16(3)11-19/h6-13H,4-5,14-15H2,1-3H3,(H,25,29). The van der Waals surface area contributed by atoms with Gasteiger partial charge in [-0.15, -0.1) is 10.2 Å². The van der Waals surface area contributed by atoms with E-state index in [4.69, 9.17) is 4.74 Å². The quantitative estimate of drug-likeness (QED) is 0.400. The fraction of sp³-hybridized carbons (Fsp3) is 0.292. The minimum atomic E-state index is 0.0452. The number of nitrogens with one attached hydrogen (secondary N) is 1. The van der Waals surface area contributed by atoms with Crippen LogP contribution in [0.5, 0.6) is 5.75 Å². The van der Waals surface area contributed by atoms with Crippen molar-refractivity contribution in [3.8, 4) is 5.75 Å². The molecule has 6 nitrogen and oxygen atoms in total. The molecule has 2 aromatic heterocycles. The van der Waals surface area contributed by atoms with E-state index in [1.165, 1.54) is 0 Å². The number of fused-ring (bicyclic) bond motifs is 1. The van der Waals surface area contributed by atoms with Gasteiger partial charge in [-0.1, -0.05) is 36.9 Å². The van der Waals surface area contributed by atoms with E-state index in [9.17, 15) is 4.79 Å². The number of aryl methyl sites for hydroxylation is 2. The predicted molar refractivity (Wildman–Crippen MR) is 125 cm³/mol. The highest BCUT2D eigenvalue weighted by Crippen LogP contribution is 2.23. The molecule has 4 aromatic rings. The third kappa shape index (κ3) is 4.82. The van der Waals surface area contributed by atoms with Crippen LogP contribution in [0.15, 0.2) is 58.5 Å². The van der Waals surface area contributed by atoms with E-state index in [0.717, 1.165) is 57.4 Å². The Kier molecular flexibility index (Phi) is 6.42. The van der Waals surface area contributed by atoms with Gasteiger partial charge in [0, 0.05) is 35.0 Å². The summed E-state index contributed by atoms with van der Waals surface area (Å²) in [6.07, 6.45) is 0.912. The molecule has 0 fully saturated rings. The van der Waals surface area contributed by atoms with Crippen molar-refractivity contribution >= 4 is 22.7 Å². The van der Waals surface area contributed by atoms with E-state index < -0.39 is 0 Å². The summed E-state index contributed by atoms with van der Waals surface area (Å²) in [5.74, 6) is 2.21. The first-order chi connectivity index (χ1) is 15.1. The van der Waals surface area contributed by atoms with Gasteiger partial charge in [0.25, 0.3) is 0 Å².